The summed E-state index contributed by atoms with van der Waals surface area (Å²) < 4.78 is 11.4. The summed E-state index contributed by atoms with van der Waals surface area (Å²) in [4.78, 5) is 37.9. The van der Waals surface area contributed by atoms with Gasteiger partial charge in [-0.05, 0) is 35.2 Å². The van der Waals surface area contributed by atoms with Gasteiger partial charge in [-0.2, -0.15) is 0 Å². The Morgan fingerprint density at radius 3 is 2.36 bits per heavy atom. The molecule has 0 saturated carbocycles. The van der Waals surface area contributed by atoms with Crippen LogP contribution in [0.3, 0.4) is 0 Å². The number of ether oxygens (including phenoxy) is 2. The first-order valence-corrected chi connectivity index (χ1v) is 12.2. The van der Waals surface area contributed by atoms with E-state index in [1.54, 1.807) is 29.2 Å². The second kappa shape index (κ2) is 12.9. The highest BCUT2D eigenvalue weighted by atomic mass is 16.5. The van der Waals surface area contributed by atoms with Crippen molar-refractivity contribution in [3.8, 4) is 11.5 Å². The smallest absolute Gasteiger partial charge is 0.251 e. The third kappa shape index (κ3) is 8.57. The van der Waals surface area contributed by atoms with E-state index >= 15 is 0 Å². The zero-order valence-electron chi connectivity index (χ0n) is 21.3. The van der Waals surface area contributed by atoms with Crippen LogP contribution in [0.4, 0.5) is 0 Å². The minimum atomic E-state index is -0.294. The Morgan fingerprint density at radius 1 is 1.00 bits per heavy atom. The van der Waals surface area contributed by atoms with Gasteiger partial charge in [0.2, 0.25) is 11.8 Å². The SMILES string of the molecule is CC(C)(C)c1ccc(C(=O)NCC(=O)NCCOc2cccc(OCCN3CCNCC3=O)c2)cc1. The molecule has 3 N–H and O–H groups in total. The number of hydrogen-bond donors (Lipinski definition) is 3. The number of carbonyl (C=O) groups excluding carboxylic acids is 3. The van der Waals surface area contributed by atoms with Crippen LogP contribution in [-0.4, -0.2) is 75.1 Å². The van der Waals surface area contributed by atoms with Crippen molar-refractivity contribution in [2.75, 3.05) is 52.5 Å². The predicted octanol–water partition coefficient (Wildman–Crippen LogP) is 1.72. The van der Waals surface area contributed by atoms with Crippen LogP contribution in [0, 0.1) is 0 Å². The molecule has 36 heavy (non-hydrogen) atoms. The maximum atomic E-state index is 12.3. The van der Waals surface area contributed by atoms with Gasteiger partial charge >= 0.3 is 0 Å². The van der Waals surface area contributed by atoms with E-state index < -0.39 is 0 Å². The minimum absolute atomic E-state index is 0.0118. The zero-order valence-corrected chi connectivity index (χ0v) is 21.3. The number of nitrogens with one attached hydrogen (secondary N) is 3. The van der Waals surface area contributed by atoms with Crippen molar-refractivity contribution in [2.24, 2.45) is 0 Å². The zero-order chi connectivity index (χ0) is 26.0. The molecule has 9 heteroatoms. The largest absolute Gasteiger partial charge is 0.492 e. The Bertz CT molecular complexity index is 1030. The molecule has 3 amide bonds. The molecule has 0 spiro atoms. The van der Waals surface area contributed by atoms with Gasteiger partial charge in [-0.15, -0.1) is 0 Å². The number of piperazine rings is 1. The van der Waals surface area contributed by atoms with E-state index in [1.807, 2.05) is 24.3 Å². The normalized spacial score (nSPS) is 13.8. The van der Waals surface area contributed by atoms with Crippen molar-refractivity contribution in [1.82, 2.24) is 20.9 Å². The molecule has 1 saturated heterocycles. The minimum Gasteiger partial charge on any atom is -0.492 e. The van der Waals surface area contributed by atoms with E-state index in [0.717, 1.165) is 12.1 Å². The van der Waals surface area contributed by atoms with Crippen molar-refractivity contribution >= 4 is 17.7 Å². The third-order valence-corrected chi connectivity index (χ3v) is 5.74. The van der Waals surface area contributed by atoms with Crippen molar-refractivity contribution < 1.29 is 23.9 Å². The summed E-state index contributed by atoms with van der Waals surface area (Å²) in [6, 6.07) is 14.6. The lowest BCUT2D eigenvalue weighted by Gasteiger charge is -2.27. The summed E-state index contributed by atoms with van der Waals surface area (Å²) in [6.45, 7) is 9.58. The van der Waals surface area contributed by atoms with Crippen molar-refractivity contribution in [3.05, 3.63) is 59.7 Å². The maximum absolute atomic E-state index is 12.3. The fraction of sp³-hybridized carbons (Fsp3) is 0.444. The summed E-state index contributed by atoms with van der Waals surface area (Å²) in [7, 11) is 0. The molecule has 1 aliphatic heterocycles. The monoisotopic (exact) mass is 496 g/mol. The van der Waals surface area contributed by atoms with Crippen LogP contribution >= 0.6 is 0 Å². The molecule has 2 aromatic rings. The van der Waals surface area contributed by atoms with E-state index in [4.69, 9.17) is 9.47 Å². The van der Waals surface area contributed by atoms with Crippen LogP contribution in [0.5, 0.6) is 11.5 Å². The van der Waals surface area contributed by atoms with Crippen molar-refractivity contribution in [1.29, 1.82) is 0 Å². The molecule has 0 unspecified atom stereocenters. The Kier molecular flexibility index (Phi) is 9.69. The topological polar surface area (TPSA) is 109 Å². The van der Waals surface area contributed by atoms with E-state index in [9.17, 15) is 14.4 Å². The molecule has 0 radical (unpaired) electrons. The van der Waals surface area contributed by atoms with Gasteiger partial charge in [-0.3, -0.25) is 14.4 Å². The van der Waals surface area contributed by atoms with Crippen LogP contribution in [0.1, 0.15) is 36.7 Å². The van der Waals surface area contributed by atoms with E-state index in [0.29, 0.717) is 49.8 Å². The lowest BCUT2D eigenvalue weighted by atomic mass is 9.87. The quantitative estimate of drug-likeness (QED) is 0.409. The third-order valence-electron chi connectivity index (χ3n) is 5.74. The van der Waals surface area contributed by atoms with Gasteiger partial charge in [0.25, 0.3) is 5.91 Å². The molecule has 3 rings (SSSR count). The second-order valence-electron chi connectivity index (χ2n) is 9.59. The highest BCUT2D eigenvalue weighted by Gasteiger charge is 2.17. The van der Waals surface area contributed by atoms with Crippen molar-refractivity contribution in [2.45, 2.75) is 26.2 Å². The number of amides is 3. The number of rotatable bonds is 11. The first-order valence-electron chi connectivity index (χ1n) is 12.2. The van der Waals surface area contributed by atoms with E-state index in [2.05, 4.69) is 36.7 Å². The summed E-state index contributed by atoms with van der Waals surface area (Å²) in [5.74, 6) is 0.764. The molecule has 1 heterocycles. The van der Waals surface area contributed by atoms with Crippen LogP contribution in [0.2, 0.25) is 0 Å². The Morgan fingerprint density at radius 2 is 1.69 bits per heavy atom. The average molecular weight is 497 g/mol. The molecule has 9 nitrogen and oxygen atoms in total. The number of carbonyl (C=O) groups is 3. The molecule has 0 atom stereocenters. The lowest BCUT2D eigenvalue weighted by Crippen LogP contribution is -2.49. The lowest BCUT2D eigenvalue weighted by molar-refractivity contribution is -0.132. The van der Waals surface area contributed by atoms with Crippen LogP contribution in [0.15, 0.2) is 48.5 Å². The molecule has 0 bridgehead atoms. The van der Waals surface area contributed by atoms with E-state index in [1.165, 1.54) is 0 Å². The molecule has 1 aliphatic rings. The van der Waals surface area contributed by atoms with Crippen molar-refractivity contribution in [3.63, 3.8) is 0 Å². The summed E-state index contributed by atoms with van der Waals surface area (Å²) in [5, 5.41) is 8.40. The standard InChI is InChI=1S/C27H36N4O5/c1-27(2,3)21-9-7-20(8-10-21)26(34)30-18-24(32)29-12-15-35-22-5-4-6-23(17-22)36-16-14-31-13-11-28-19-25(31)33/h4-10,17,28H,11-16,18-19H2,1-3H3,(H,29,32)(H,30,34). The highest BCUT2D eigenvalue weighted by molar-refractivity contribution is 5.96. The first-order chi connectivity index (χ1) is 17.2. The van der Waals surface area contributed by atoms with Gasteiger partial charge in [0.1, 0.15) is 24.7 Å². The van der Waals surface area contributed by atoms with Gasteiger partial charge in [-0.25, -0.2) is 0 Å². The number of benzene rings is 2. The van der Waals surface area contributed by atoms with Crippen LogP contribution in [0.25, 0.3) is 0 Å². The summed E-state index contributed by atoms with van der Waals surface area (Å²) >= 11 is 0. The molecule has 0 aromatic heterocycles. The molecule has 194 valence electrons. The molecular formula is C27H36N4O5. The van der Waals surface area contributed by atoms with Crippen LogP contribution in [-0.2, 0) is 15.0 Å². The maximum Gasteiger partial charge on any atom is 0.251 e. The summed E-state index contributed by atoms with van der Waals surface area (Å²) in [6.07, 6.45) is 0. The number of nitrogens with zero attached hydrogens (tertiary/aromatic N) is 1. The summed E-state index contributed by atoms with van der Waals surface area (Å²) in [5.41, 5.74) is 1.67. The van der Waals surface area contributed by atoms with Gasteiger partial charge in [0, 0.05) is 24.7 Å². The molecular weight excluding hydrogens is 460 g/mol. The van der Waals surface area contributed by atoms with E-state index in [-0.39, 0.29) is 36.3 Å². The number of hydrogen-bond acceptors (Lipinski definition) is 6. The Balaban J connectivity index is 1.31. The molecule has 1 fully saturated rings. The highest BCUT2D eigenvalue weighted by Crippen LogP contribution is 2.22. The Hall–Kier alpha value is -3.59. The fourth-order valence-corrected chi connectivity index (χ4v) is 3.62. The fourth-order valence-electron chi connectivity index (χ4n) is 3.62. The molecule has 0 aliphatic carbocycles. The van der Waals surface area contributed by atoms with Gasteiger partial charge in [0.15, 0.2) is 0 Å². The molecule has 2 aromatic carbocycles. The van der Waals surface area contributed by atoms with Gasteiger partial charge < -0.3 is 30.3 Å². The van der Waals surface area contributed by atoms with Crippen LogP contribution < -0.4 is 25.4 Å². The second-order valence-corrected chi connectivity index (χ2v) is 9.59. The average Bonchev–Trinajstić information content (AvgIpc) is 2.86. The van der Waals surface area contributed by atoms with Gasteiger partial charge in [0.05, 0.1) is 26.2 Å². The Labute approximate surface area is 212 Å². The van der Waals surface area contributed by atoms with Gasteiger partial charge in [-0.1, -0.05) is 39.0 Å². The predicted molar refractivity (Wildman–Crippen MR) is 137 cm³/mol. The first kappa shape index (κ1) is 27.0.